The molecule has 0 bridgehead atoms. The normalized spacial score (nSPS) is 21.9. The van der Waals surface area contributed by atoms with E-state index in [1.165, 1.54) is 24.2 Å². The van der Waals surface area contributed by atoms with Gasteiger partial charge in [-0.1, -0.05) is 12.3 Å². The topological polar surface area (TPSA) is 49.4 Å². The van der Waals surface area contributed by atoms with Crippen LogP contribution in [-0.2, 0) is 10.0 Å². The second-order valence-corrected chi connectivity index (χ2v) is 6.41. The Morgan fingerprint density at radius 3 is 2.81 bits per heavy atom. The van der Waals surface area contributed by atoms with Crippen LogP contribution in [0.5, 0.6) is 0 Å². The van der Waals surface area contributed by atoms with Gasteiger partial charge in [0.05, 0.1) is 12.3 Å². The molecular weight excluding hydrogens is 224 g/mol. The Bertz CT molecular complexity index is 339. The van der Waals surface area contributed by atoms with Crippen molar-refractivity contribution in [2.45, 2.75) is 31.7 Å². The first-order valence-corrected chi connectivity index (χ1v) is 7.28. The van der Waals surface area contributed by atoms with Crippen molar-refractivity contribution in [2.75, 3.05) is 25.9 Å². The average Bonchev–Trinajstić information content (AvgIpc) is 2.28. The van der Waals surface area contributed by atoms with E-state index in [-0.39, 0.29) is 12.3 Å². The largest absolute Gasteiger partial charge is 0.314 e. The highest BCUT2D eigenvalue weighted by atomic mass is 32.2. The van der Waals surface area contributed by atoms with Crippen molar-refractivity contribution >= 4 is 10.0 Å². The molecule has 0 radical (unpaired) electrons. The molecular formula is C11H20N2O2S. The standard InChI is InChI=1S/C11H20N2O2S/c1-3-9-13(2)16(14,15)10-7-11-6-4-5-8-12-11/h1,11-12H,4-10H2,2H3. The van der Waals surface area contributed by atoms with Crippen molar-refractivity contribution in [3.05, 3.63) is 0 Å². The molecule has 1 N–H and O–H groups in total. The lowest BCUT2D eigenvalue weighted by molar-refractivity contribution is 0.390. The van der Waals surface area contributed by atoms with Gasteiger partial charge in [-0.2, -0.15) is 4.31 Å². The van der Waals surface area contributed by atoms with Gasteiger partial charge in [0.1, 0.15) is 0 Å². The third kappa shape index (κ3) is 4.12. The second kappa shape index (κ2) is 6.24. The van der Waals surface area contributed by atoms with E-state index in [0.29, 0.717) is 12.5 Å². The van der Waals surface area contributed by atoms with Crippen molar-refractivity contribution in [3.8, 4) is 12.3 Å². The first-order valence-electron chi connectivity index (χ1n) is 5.67. The molecule has 1 fully saturated rings. The molecule has 0 saturated carbocycles. The lowest BCUT2D eigenvalue weighted by Crippen LogP contribution is -2.37. The highest BCUT2D eigenvalue weighted by Crippen LogP contribution is 2.12. The third-order valence-electron chi connectivity index (χ3n) is 2.93. The van der Waals surface area contributed by atoms with Crippen LogP contribution >= 0.6 is 0 Å². The van der Waals surface area contributed by atoms with Gasteiger partial charge in [-0.3, -0.25) is 0 Å². The number of nitrogens with one attached hydrogen (secondary N) is 1. The Hall–Kier alpha value is -0.570. The average molecular weight is 244 g/mol. The first-order chi connectivity index (χ1) is 7.56. The van der Waals surface area contributed by atoms with E-state index in [1.807, 2.05) is 0 Å². The summed E-state index contributed by atoms with van der Waals surface area (Å²) in [7, 11) is -1.64. The molecule has 0 spiro atoms. The number of rotatable bonds is 5. The smallest absolute Gasteiger partial charge is 0.214 e. The zero-order valence-electron chi connectivity index (χ0n) is 9.78. The van der Waals surface area contributed by atoms with Crippen LogP contribution in [0.25, 0.3) is 0 Å². The van der Waals surface area contributed by atoms with Gasteiger partial charge in [0.2, 0.25) is 10.0 Å². The van der Waals surface area contributed by atoms with E-state index in [2.05, 4.69) is 11.2 Å². The maximum atomic E-state index is 11.8. The fraction of sp³-hybridized carbons (Fsp3) is 0.818. The third-order valence-corrected chi connectivity index (χ3v) is 4.76. The lowest BCUT2D eigenvalue weighted by Gasteiger charge is -2.24. The van der Waals surface area contributed by atoms with Gasteiger partial charge >= 0.3 is 0 Å². The Labute approximate surface area is 98.5 Å². The monoisotopic (exact) mass is 244 g/mol. The zero-order chi connectivity index (χ0) is 12.0. The molecule has 1 aliphatic heterocycles. The molecule has 0 aromatic carbocycles. The summed E-state index contributed by atoms with van der Waals surface area (Å²) in [6.45, 7) is 1.16. The minimum Gasteiger partial charge on any atom is -0.314 e. The molecule has 1 atom stereocenters. The summed E-state index contributed by atoms with van der Waals surface area (Å²) in [5.41, 5.74) is 0. The highest BCUT2D eigenvalue weighted by Gasteiger charge is 2.20. The molecule has 92 valence electrons. The van der Waals surface area contributed by atoms with Gasteiger partial charge in [-0.05, 0) is 25.8 Å². The fourth-order valence-corrected chi connectivity index (χ4v) is 3.01. The molecule has 5 heteroatoms. The maximum Gasteiger partial charge on any atom is 0.214 e. The SMILES string of the molecule is C#CCN(C)S(=O)(=O)CCC1CCCCN1. The van der Waals surface area contributed by atoms with E-state index in [4.69, 9.17) is 6.42 Å². The predicted molar refractivity (Wildman–Crippen MR) is 65.5 cm³/mol. The number of hydrogen-bond donors (Lipinski definition) is 1. The number of piperidine rings is 1. The first kappa shape index (κ1) is 13.5. The number of terminal acetylenes is 1. The van der Waals surface area contributed by atoms with Gasteiger partial charge < -0.3 is 5.32 Å². The minimum absolute atomic E-state index is 0.153. The molecule has 16 heavy (non-hydrogen) atoms. The van der Waals surface area contributed by atoms with Crippen LogP contribution in [0.1, 0.15) is 25.7 Å². The van der Waals surface area contributed by atoms with Crippen molar-refractivity contribution < 1.29 is 8.42 Å². The Morgan fingerprint density at radius 1 is 1.50 bits per heavy atom. The van der Waals surface area contributed by atoms with Crippen LogP contribution in [0, 0.1) is 12.3 Å². The molecule has 0 aromatic rings. The summed E-state index contributed by atoms with van der Waals surface area (Å²) >= 11 is 0. The van der Waals surface area contributed by atoms with E-state index >= 15 is 0 Å². The Kier molecular flexibility index (Phi) is 5.26. The summed E-state index contributed by atoms with van der Waals surface area (Å²) in [5, 5.41) is 3.34. The summed E-state index contributed by atoms with van der Waals surface area (Å²) in [5.74, 6) is 2.53. The molecule has 1 saturated heterocycles. The van der Waals surface area contributed by atoms with E-state index in [1.54, 1.807) is 0 Å². The summed E-state index contributed by atoms with van der Waals surface area (Å²) in [6.07, 6.45) is 9.24. The summed E-state index contributed by atoms with van der Waals surface area (Å²) < 4.78 is 24.8. The number of sulfonamides is 1. The Balaban J connectivity index is 2.38. The summed E-state index contributed by atoms with van der Waals surface area (Å²) in [4.78, 5) is 0. The molecule has 1 rings (SSSR count). The minimum atomic E-state index is -3.17. The van der Waals surface area contributed by atoms with Crippen molar-refractivity contribution in [2.24, 2.45) is 0 Å². The lowest BCUT2D eigenvalue weighted by atomic mass is 10.0. The van der Waals surface area contributed by atoms with Gasteiger partial charge in [-0.25, -0.2) is 8.42 Å². The number of nitrogens with zero attached hydrogens (tertiary/aromatic N) is 1. The maximum absolute atomic E-state index is 11.8. The van der Waals surface area contributed by atoms with E-state index in [0.717, 1.165) is 13.0 Å². The molecule has 4 nitrogen and oxygen atoms in total. The second-order valence-electron chi connectivity index (χ2n) is 4.21. The fourth-order valence-electron chi connectivity index (χ4n) is 1.84. The van der Waals surface area contributed by atoms with Crippen molar-refractivity contribution in [1.29, 1.82) is 0 Å². The van der Waals surface area contributed by atoms with Gasteiger partial charge in [0.15, 0.2) is 0 Å². The van der Waals surface area contributed by atoms with Crippen LogP contribution in [0.2, 0.25) is 0 Å². The van der Waals surface area contributed by atoms with Crippen molar-refractivity contribution in [3.63, 3.8) is 0 Å². The zero-order valence-corrected chi connectivity index (χ0v) is 10.6. The molecule has 1 unspecified atom stereocenters. The quantitative estimate of drug-likeness (QED) is 0.713. The predicted octanol–water partition coefficient (Wildman–Crippen LogP) is 0.413. The van der Waals surface area contributed by atoms with E-state index in [9.17, 15) is 8.42 Å². The Morgan fingerprint density at radius 2 is 2.25 bits per heavy atom. The van der Waals surface area contributed by atoms with Crippen LogP contribution in [0.4, 0.5) is 0 Å². The summed E-state index contributed by atoms with van der Waals surface area (Å²) in [6, 6.07) is 0.350. The van der Waals surface area contributed by atoms with Crippen molar-refractivity contribution in [1.82, 2.24) is 9.62 Å². The van der Waals surface area contributed by atoms with Gasteiger partial charge in [0, 0.05) is 13.1 Å². The molecule has 1 aliphatic rings. The van der Waals surface area contributed by atoms with Gasteiger partial charge in [-0.15, -0.1) is 6.42 Å². The van der Waals surface area contributed by atoms with E-state index < -0.39 is 10.0 Å². The van der Waals surface area contributed by atoms with Gasteiger partial charge in [0.25, 0.3) is 0 Å². The van der Waals surface area contributed by atoms with Crippen LogP contribution in [0.15, 0.2) is 0 Å². The van der Waals surface area contributed by atoms with Crippen LogP contribution in [-0.4, -0.2) is 44.7 Å². The number of hydrogen-bond acceptors (Lipinski definition) is 3. The molecule has 0 aliphatic carbocycles. The molecule has 1 heterocycles. The molecule has 0 amide bonds. The molecule has 0 aromatic heterocycles. The highest BCUT2D eigenvalue weighted by molar-refractivity contribution is 7.89. The van der Waals surface area contributed by atoms with Crippen LogP contribution < -0.4 is 5.32 Å². The van der Waals surface area contributed by atoms with Crippen LogP contribution in [0.3, 0.4) is 0 Å².